The third-order valence-electron chi connectivity index (χ3n) is 3.74. The number of ether oxygens (including phenoxy) is 3. The summed E-state index contributed by atoms with van der Waals surface area (Å²) in [7, 11) is 1.34. The maximum Gasteiger partial charge on any atom is 0.330 e. The van der Waals surface area contributed by atoms with Gasteiger partial charge in [-0.2, -0.15) is 0 Å². The van der Waals surface area contributed by atoms with Gasteiger partial charge >= 0.3 is 5.97 Å². The van der Waals surface area contributed by atoms with Gasteiger partial charge in [0, 0.05) is 24.5 Å². The molecule has 2 rings (SSSR count). The van der Waals surface area contributed by atoms with Gasteiger partial charge in [0.05, 0.1) is 20.3 Å². The maximum atomic E-state index is 11.9. The average Bonchev–Trinajstić information content (AvgIpc) is 2.56. The third-order valence-corrected chi connectivity index (χ3v) is 3.74. The number of hydrogen-bond acceptors (Lipinski definition) is 6. The molecule has 0 aromatic heterocycles. The Morgan fingerprint density at radius 3 is 2.58 bits per heavy atom. The zero-order valence-corrected chi connectivity index (χ0v) is 14.4. The van der Waals surface area contributed by atoms with Crippen LogP contribution in [-0.4, -0.2) is 49.9 Å². The zero-order chi connectivity index (χ0) is 17.6. The lowest BCUT2D eigenvalue weighted by Gasteiger charge is -2.34. The summed E-state index contributed by atoms with van der Waals surface area (Å²) in [6.45, 7) is 5.45. The van der Waals surface area contributed by atoms with Crippen LogP contribution >= 0.6 is 0 Å². The largest absolute Gasteiger partial charge is 0.508 e. The Morgan fingerprint density at radius 2 is 2.00 bits per heavy atom. The van der Waals surface area contributed by atoms with E-state index < -0.39 is 12.0 Å². The number of carbonyl (C=O) groups excluding carboxylic acids is 1. The molecule has 0 amide bonds. The van der Waals surface area contributed by atoms with Crippen molar-refractivity contribution in [2.24, 2.45) is 10.4 Å². The molecule has 0 radical (unpaired) electrons. The van der Waals surface area contributed by atoms with Crippen molar-refractivity contribution in [1.82, 2.24) is 0 Å². The Morgan fingerprint density at radius 1 is 1.38 bits per heavy atom. The monoisotopic (exact) mass is 335 g/mol. The fourth-order valence-electron chi connectivity index (χ4n) is 2.33. The average molecular weight is 335 g/mol. The van der Waals surface area contributed by atoms with E-state index in [0.717, 1.165) is 5.56 Å². The van der Waals surface area contributed by atoms with Crippen LogP contribution in [0.1, 0.15) is 25.8 Å². The van der Waals surface area contributed by atoms with Crippen LogP contribution in [0.2, 0.25) is 0 Å². The number of rotatable bonds is 6. The molecule has 1 aromatic carbocycles. The molecule has 24 heavy (non-hydrogen) atoms. The molecule has 1 aliphatic heterocycles. The number of methoxy groups -OCH3 is 1. The van der Waals surface area contributed by atoms with E-state index in [-0.39, 0.29) is 17.5 Å². The summed E-state index contributed by atoms with van der Waals surface area (Å²) in [5.74, 6) is -0.211. The van der Waals surface area contributed by atoms with E-state index in [9.17, 15) is 9.90 Å². The number of nitrogens with zero attached hydrogens (tertiary/aromatic N) is 1. The summed E-state index contributed by atoms with van der Waals surface area (Å²) >= 11 is 0. The lowest BCUT2D eigenvalue weighted by molar-refractivity contribution is -0.217. The molecular weight excluding hydrogens is 310 g/mol. The maximum absolute atomic E-state index is 11.9. The number of aliphatic imine (C=N–C) groups is 1. The van der Waals surface area contributed by atoms with Gasteiger partial charge in [0.2, 0.25) is 0 Å². The first-order valence-corrected chi connectivity index (χ1v) is 8.00. The van der Waals surface area contributed by atoms with Crippen LogP contribution in [0.25, 0.3) is 0 Å². The predicted molar refractivity (Wildman–Crippen MR) is 90.2 cm³/mol. The van der Waals surface area contributed by atoms with Gasteiger partial charge in [-0.25, -0.2) is 4.79 Å². The highest BCUT2D eigenvalue weighted by Crippen LogP contribution is 2.23. The SMILES string of the molecule is COC(=O)[C@H](Cc1ccc(O)cc1)N=CCC1OCC(C)(C)CO1. The number of phenolic OH excluding ortho intramolecular Hbond substituents is 1. The van der Waals surface area contributed by atoms with Gasteiger partial charge < -0.3 is 19.3 Å². The van der Waals surface area contributed by atoms with Gasteiger partial charge in [0.1, 0.15) is 5.75 Å². The minimum atomic E-state index is -0.625. The molecule has 0 bridgehead atoms. The van der Waals surface area contributed by atoms with E-state index in [1.165, 1.54) is 7.11 Å². The van der Waals surface area contributed by atoms with Gasteiger partial charge in [-0.05, 0) is 17.7 Å². The van der Waals surface area contributed by atoms with Crippen molar-refractivity contribution in [2.45, 2.75) is 39.0 Å². The second-order valence-corrected chi connectivity index (χ2v) is 6.69. The first kappa shape index (κ1) is 18.4. The van der Waals surface area contributed by atoms with E-state index >= 15 is 0 Å². The van der Waals surface area contributed by atoms with Crippen LogP contribution in [0.4, 0.5) is 0 Å². The van der Waals surface area contributed by atoms with E-state index in [4.69, 9.17) is 14.2 Å². The normalized spacial score (nSPS) is 19.3. The minimum Gasteiger partial charge on any atom is -0.508 e. The van der Waals surface area contributed by atoms with Gasteiger partial charge in [0.15, 0.2) is 12.3 Å². The number of carbonyl (C=O) groups is 1. The number of hydrogen-bond donors (Lipinski definition) is 1. The van der Waals surface area contributed by atoms with Crippen molar-refractivity contribution in [1.29, 1.82) is 0 Å². The Hall–Kier alpha value is -1.92. The Bertz CT molecular complexity index is 557. The number of aromatic hydroxyl groups is 1. The Kier molecular flexibility index (Phi) is 6.34. The van der Waals surface area contributed by atoms with Crippen LogP contribution in [0.3, 0.4) is 0 Å². The topological polar surface area (TPSA) is 77.4 Å². The highest BCUT2D eigenvalue weighted by atomic mass is 16.7. The van der Waals surface area contributed by atoms with Gasteiger partial charge in [-0.3, -0.25) is 4.99 Å². The highest BCUT2D eigenvalue weighted by Gasteiger charge is 2.27. The summed E-state index contributed by atoms with van der Waals surface area (Å²) in [6, 6.07) is 6.06. The molecule has 132 valence electrons. The van der Waals surface area contributed by atoms with Crippen molar-refractivity contribution < 1.29 is 24.1 Å². The van der Waals surface area contributed by atoms with Crippen LogP contribution < -0.4 is 0 Å². The van der Waals surface area contributed by atoms with E-state index in [1.807, 2.05) is 0 Å². The predicted octanol–water partition coefficient (Wildman–Crippen LogP) is 2.34. The van der Waals surface area contributed by atoms with Gasteiger partial charge in [-0.15, -0.1) is 0 Å². The Balaban J connectivity index is 1.91. The lowest BCUT2D eigenvalue weighted by atomic mass is 9.95. The minimum absolute atomic E-state index is 0.0288. The summed E-state index contributed by atoms with van der Waals surface area (Å²) in [5, 5.41) is 9.32. The molecule has 1 atom stereocenters. The summed E-state index contributed by atoms with van der Waals surface area (Å²) in [5.41, 5.74) is 0.924. The number of benzene rings is 1. The lowest BCUT2D eigenvalue weighted by Crippen LogP contribution is -2.37. The standard InChI is InChI=1S/C18H25NO5/c1-18(2)11-23-16(24-12-18)8-9-19-15(17(21)22-3)10-13-4-6-14(20)7-5-13/h4-7,9,15-16,20H,8,10-12H2,1-3H3/t15-/m0/s1. The molecule has 1 aromatic rings. The molecule has 0 spiro atoms. The Labute approximate surface area is 142 Å². The fraction of sp³-hybridized carbons (Fsp3) is 0.556. The molecule has 1 heterocycles. The van der Waals surface area contributed by atoms with Gasteiger partial charge in [-0.1, -0.05) is 26.0 Å². The first-order valence-electron chi connectivity index (χ1n) is 8.00. The van der Waals surface area contributed by atoms with E-state index in [2.05, 4.69) is 18.8 Å². The van der Waals surface area contributed by atoms with Crippen molar-refractivity contribution >= 4 is 12.2 Å². The van der Waals surface area contributed by atoms with Crippen molar-refractivity contribution in [3.05, 3.63) is 29.8 Å². The van der Waals surface area contributed by atoms with Crippen LogP contribution in [0.15, 0.2) is 29.3 Å². The number of phenols is 1. The van der Waals surface area contributed by atoms with Crippen LogP contribution in [0.5, 0.6) is 5.75 Å². The molecule has 1 saturated heterocycles. The second-order valence-electron chi connectivity index (χ2n) is 6.69. The zero-order valence-electron chi connectivity index (χ0n) is 14.4. The van der Waals surface area contributed by atoms with Crippen molar-refractivity contribution in [3.8, 4) is 5.75 Å². The smallest absolute Gasteiger partial charge is 0.330 e. The van der Waals surface area contributed by atoms with Crippen molar-refractivity contribution in [3.63, 3.8) is 0 Å². The highest BCUT2D eigenvalue weighted by molar-refractivity contribution is 5.78. The molecular formula is C18H25NO5. The molecule has 1 N–H and O–H groups in total. The fourth-order valence-corrected chi connectivity index (χ4v) is 2.33. The van der Waals surface area contributed by atoms with Crippen LogP contribution in [0, 0.1) is 5.41 Å². The molecule has 1 fully saturated rings. The molecule has 0 saturated carbocycles. The van der Waals surface area contributed by atoms with Crippen LogP contribution in [-0.2, 0) is 25.4 Å². The molecule has 0 aliphatic carbocycles. The molecule has 1 aliphatic rings. The summed E-state index contributed by atoms with van der Waals surface area (Å²) in [4.78, 5) is 16.2. The van der Waals surface area contributed by atoms with Gasteiger partial charge in [0.25, 0.3) is 0 Å². The third kappa shape index (κ3) is 5.62. The molecule has 0 unspecified atom stereocenters. The number of esters is 1. The van der Waals surface area contributed by atoms with Crippen molar-refractivity contribution in [2.75, 3.05) is 20.3 Å². The molecule has 6 heteroatoms. The van der Waals surface area contributed by atoms with E-state index in [1.54, 1.807) is 30.5 Å². The quantitative estimate of drug-likeness (QED) is 0.638. The summed E-state index contributed by atoms with van der Waals surface area (Å²) < 4.78 is 16.1. The molecule has 6 nitrogen and oxygen atoms in total. The van der Waals surface area contributed by atoms with E-state index in [0.29, 0.717) is 26.1 Å². The second kappa shape index (κ2) is 8.26. The summed E-state index contributed by atoms with van der Waals surface area (Å²) in [6.07, 6.45) is 2.22. The first-order chi connectivity index (χ1) is 11.4.